The van der Waals surface area contributed by atoms with E-state index in [-0.39, 0.29) is 58.3 Å². The van der Waals surface area contributed by atoms with Crippen molar-refractivity contribution in [2.24, 2.45) is 0 Å². The molecule has 2 heterocycles. The van der Waals surface area contributed by atoms with E-state index in [1.54, 1.807) is 0 Å². The lowest BCUT2D eigenvalue weighted by molar-refractivity contribution is -0.145. The van der Waals surface area contributed by atoms with Crippen LogP contribution in [0.15, 0.2) is 71.5 Å². The minimum absolute atomic E-state index is 0.0363. The first-order valence-electron chi connectivity index (χ1n) is 14.9. The first-order chi connectivity index (χ1) is 24.7. The highest BCUT2D eigenvalue weighted by atomic mass is 19.4. The number of amides is 1. The molecule has 54 heavy (non-hydrogen) atoms. The van der Waals surface area contributed by atoms with E-state index >= 15 is 0 Å². The number of anilines is 1. The van der Waals surface area contributed by atoms with Crippen LogP contribution in [0.4, 0.5) is 71.8 Å². The van der Waals surface area contributed by atoms with Crippen LogP contribution in [0, 0.1) is 0 Å². The summed E-state index contributed by atoms with van der Waals surface area (Å²) in [5.41, 5.74) is -17.3. The van der Waals surface area contributed by atoms with E-state index in [4.69, 9.17) is 4.74 Å². The number of hydrogen-bond acceptors (Lipinski definition) is 4. The first kappa shape index (κ1) is 40.0. The van der Waals surface area contributed by atoms with Gasteiger partial charge in [-0.1, -0.05) is 24.3 Å². The van der Waals surface area contributed by atoms with Gasteiger partial charge in [-0.3, -0.25) is 19.1 Å². The second-order valence-corrected chi connectivity index (χ2v) is 12.0. The molecule has 0 aliphatic carbocycles. The normalized spacial score (nSPS) is 15.1. The third-order valence-corrected chi connectivity index (χ3v) is 8.45. The zero-order valence-electron chi connectivity index (χ0n) is 26.7. The number of halogens is 15. The van der Waals surface area contributed by atoms with Gasteiger partial charge < -0.3 is 4.74 Å². The largest absolute Gasteiger partial charge is 0.497 e. The Bertz CT molecular complexity index is 2050. The van der Waals surface area contributed by atoms with Gasteiger partial charge in [0.15, 0.2) is 5.69 Å². The number of ether oxygens (including phenoxy) is 1. The van der Waals surface area contributed by atoms with Gasteiger partial charge in [0.05, 0.1) is 35.9 Å². The molecular weight excluding hydrogens is 771 g/mol. The van der Waals surface area contributed by atoms with Crippen molar-refractivity contribution in [2.45, 2.75) is 55.8 Å². The van der Waals surface area contributed by atoms with Crippen LogP contribution in [0.1, 0.15) is 44.6 Å². The Morgan fingerprint density at radius 3 is 1.46 bits per heavy atom. The number of fused-ring (bicyclic) bond motifs is 1. The molecule has 1 aliphatic heterocycles. The fourth-order valence-corrected chi connectivity index (χ4v) is 6.04. The molecule has 0 saturated heterocycles. The van der Waals surface area contributed by atoms with E-state index in [0.717, 1.165) is 0 Å². The summed E-state index contributed by atoms with van der Waals surface area (Å²) in [7, 11) is 1.26. The highest BCUT2D eigenvalue weighted by molar-refractivity contribution is 6.02. The number of carbonyl (C=O) groups excluding carboxylic acids is 1. The van der Waals surface area contributed by atoms with E-state index < -0.39 is 112 Å². The molecule has 1 aromatic heterocycles. The van der Waals surface area contributed by atoms with Gasteiger partial charge in [-0.2, -0.15) is 65.9 Å². The summed E-state index contributed by atoms with van der Waals surface area (Å²) >= 11 is 0. The molecule has 3 aromatic carbocycles. The van der Waals surface area contributed by atoms with Crippen LogP contribution in [-0.4, -0.2) is 22.6 Å². The number of benzene rings is 3. The van der Waals surface area contributed by atoms with Crippen LogP contribution >= 0.6 is 0 Å². The Morgan fingerprint density at radius 1 is 0.611 bits per heavy atom. The minimum Gasteiger partial charge on any atom is -0.497 e. The Morgan fingerprint density at radius 2 is 1.07 bits per heavy atom. The van der Waals surface area contributed by atoms with Crippen LogP contribution in [0.3, 0.4) is 0 Å². The van der Waals surface area contributed by atoms with Gasteiger partial charge in [0.1, 0.15) is 11.3 Å². The van der Waals surface area contributed by atoms with Crippen molar-refractivity contribution in [1.82, 2.24) is 9.55 Å². The van der Waals surface area contributed by atoms with Crippen molar-refractivity contribution < 1.29 is 75.4 Å². The molecule has 290 valence electrons. The van der Waals surface area contributed by atoms with E-state index in [9.17, 15) is 75.4 Å². The number of alkyl halides is 15. The average molecular weight is 792 g/mol. The van der Waals surface area contributed by atoms with Crippen LogP contribution in [-0.2, 0) is 60.6 Å². The molecule has 21 heteroatoms. The molecule has 0 bridgehead atoms. The van der Waals surface area contributed by atoms with Crippen molar-refractivity contribution >= 4 is 11.9 Å². The molecule has 6 nitrogen and oxygen atoms in total. The second kappa shape index (κ2) is 13.3. The molecule has 1 amide bonds. The third-order valence-electron chi connectivity index (χ3n) is 8.45. The van der Waals surface area contributed by atoms with Gasteiger partial charge in [0.2, 0.25) is 5.95 Å². The predicted octanol–water partition coefficient (Wildman–Crippen LogP) is 9.07. The number of rotatable bonds is 7. The molecule has 0 atom stereocenters. The lowest BCUT2D eigenvalue weighted by Gasteiger charge is -2.32. The quantitative estimate of drug-likeness (QED) is 0.175. The highest BCUT2D eigenvalue weighted by Crippen LogP contribution is 2.46. The standard InChI is InChI=1S/C33H20F15N3O3/c1-54-21-8-2-16(3-9-21)15-50-26(53)28(51-25(52)12-24(33(46,47)48)49-27(50)51,13-17-4-6-19(29(34,35)36)10-22(17)31(40,41)42)14-18-5-7-20(30(37,38)39)11-23(18)32(43,44)45/h2-12H,13-15H2,1H3. The first-order valence-corrected chi connectivity index (χ1v) is 14.9. The lowest BCUT2D eigenvalue weighted by Crippen LogP contribution is -2.49. The van der Waals surface area contributed by atoms with Crippen molar-refractivity contribution in [3.8, 4) is 5.75 Å². The molecule has 5 rings (SSSR count). The summed E-state index contributed by atoms with van der Waals surface area (Å²) in [4.78, 5) is 31.9. The van der Waals surface area contributed by atoms with E-state index in [1.807, 2.05) is 0 Å². The summed E-state index contributed by atoms with van der Waals surface area (Å²) in [6, 6.07) is 4.79. The summed E-state index contributed by atoms with van der Waals surface area (Å²) in [6.07, 6.45) is -30.7. The van der Waals surface area contributed by atoms with E-state index in [1.165, 1.54) is 31.4 Å². The maximum atomic E-state index is 14.6. The number of carbonyl (C=O) groups is 1. The zero-order chi connectivity index (χ0) is 40.4. The fraction of sp³-hybridized carbons (Fsp3) is 0.303. The van der Waals surface area contributed by atoms with Crippen molar-refractivity contribution in [2.75, 3.05) is 12.0 Å². The summed E-state index contributed by atoms with van der Waals surface area (Å²) in [5, 5.41) is 0. The SMILES string of the molecule is COc1ccc(CN2C(=O)C(Cc3ccc(C(F)(F)F)cc3C(F)(F)F)(Cc3ccc(C(F)(F)F)cc3C(F)(F)F)n3c2nc(C(F)(F)F)cc3=O)cc1. The zero-order valence-corrected chi connectivity index (χ0v) is 26.7. The smallest absolute Gasteiger partial charge is 0.433 e. The lowest BCUT2D eigenvalue weighted by atomic mass is 9.80. The van der Waals surface area contributed by atoms with Crippen LogP contribution in [0.25, 0.3) is 0 Å². The average Bonchev–Trinajstić information content (AvgIpc) is 3.25. The molecule has 0 fully saturated rings. The second-order valence-electron chi connectivity index (χ2n) is 12.0. The van der Waals surface area contributed by atoms with Crippen LogP contribution in [0.5, 0.6) is 5.75 Å². The Balaban J connectivity index is 1.86. The van der Waals surface area contributed by atoms with Crippen LogP contribution < -0.4 is 15.2 Å². The molecule has 0 N–H and O–H groups in total. The van der Waals surface area contributed by atoms with Gasteiger partial charge in [0.25, 0.3) is 11.5 Å². The van der Waals surface area contributed by atoms with Gasteiger partial charge in [-0.05, 0) is 53.1 Å². The molecule has 0 spiro atoms. The maximum Gasteiger partial charge on any atom is 0.433 e. The van der Waals surface area contributed by atoms with Crippen molar-refractivity contribution in [3.63, 3.8) is 0 Å². The Kier molecular flexibility index (Phi) is 9.81. The molecule has 1 aliphatic rings. The van der Waals surface area contributed by atoms with Gasteiger partial charge in [0, 0.05) is 18.9 Å². The van der Waals surface area contributed by atoms with E-state index in [2.05, 4.69) is 4.98 Å². The third kappa shape index (κ3) is 7.70. The number of aromatic nitrogens is 2. The molecule has 0 saturated carbocycles. The van der Waals surface area contributed by atoms with Gasteiger partial charge in [-0.25, -0.2) is 4.98 Å². The topological polar surface area (TPSA) is 64.4 Å². The van der Waals surface area contributed by atoms with Crippen molar-refractivity contribution in [3.05, 3.63) is 122 Å². The molecular formula is C33H20F15N3O3. The number of nitrogens with zero attached hydrogens (tertiary/aromatic N) is 3. The summed E-state index contributed by atoms with van der Waals surface area (Å²) < 4.78 is 214. The minimum atomic E-state index is -5.67. The Hall–Kier alpha value is -5.24. The molecule has 4 aromatic rings. The van der Waals surface area contributed by atoms with Crippen LogP contribution in [0.2, 0.25) is 0 Å². The van der Waals surface area contributed by atoms with E-state index in [0.29, 0.717) is 4.90 Å². The Labute approximate surface area is 292 Å². The number of hydrogen-bond donors (Lipinski definition) is 0. The highest BCUT2D eigenvalue weighted by Gasteiger charge is 2.55. The van der Waals surface area contributed by atoms with Crippen molar-refractivity contribution in [1.29, 1.82) is 0 Å². The molecule has 0 unspecified atom stereocenters. The summed E-state index contributed by atoms with van der Waals surface area (Å²) in [6.45, 7) is -0.837. The van der Waals surface area contributed by atoms with Gasteiger partial charge in [-0.15, -0.1) is 0 Å². The number of methoxy groups -OCH3 is 1. The monoisotopic (exact) mass is 791 g/mol. The summed E-state index contributed by atoms with van der Waals surface area (Å²) in [5.74, 6) is -2.68. The maximum absolute atomic E-state index is 14.6. The molecule has 0 radical (unpaired) electrons. The van der Waals surface area contributed by atoms with Gasteiger partial charge >= 0.3 is 30.9 Å². The fourth-order valence-electron chi connectivity index (χ4n) is 6.04. The predicted molar refractivity (Wildman–Crippen MR) is 156 cm³/mol.